The number of benzene rings is 2. The van der Waals surface area contributed by atoms with Gasteiger partial charge in [-0.25, -0.2) is 4.98 Å². The van der Waals surface area contributed by atoms with Crippen molar-refractivity contribution in [2.24, 2.45) is 0 Å². The summed E-state index contributed by atoms with van der Waals surface area (Å²) < 4.78 is 7.65. The summed E-state index contributed by atoms with van der Waals surface area (Å²) in [6.07, 6.45) is 0. The highest BCUT2D eigenvalue weighted by molar-refractivity contribution is 6.07. The zero-order valence-electron chi connectivity index (χ0n) is 13.8. The minimum atomic E-state index is -0.0141. The molecule has 1 aromatic heterocycles. The summed E-state index contributed by atoms with van der Waals surface area (Å²) in [6.45, 7) is 4.03. The average molecular weight is 321 g/mol. The lowest BCUT2D eigenvalue weighted by Crippen LogP contribution is -2.26. The first-order valence-corrected chi connectivity index (χ1v) is 8.06. The molecule has 1 amide bonds. The van der Waals surface area contributed by atoms with E-state index in [9.17, 15) is 4.79 Å². The Bertz CT molecular complexity index is 930. The smallest absolute Gasteiger partial charge is 0.258 e. The van der Waals surface area contributed by atoms with Crippen molar-refractivity contribution < 1.29 is 9.53 Å². The standard InChI is InChI=1S/C19H19N3O2/c1-13-5-3-4-6-15(13)19(23)21(2)14-7-8-17-16(11-14)20-18-12-24-10-9-22(17)18/h3-8,11H,9-10,12H2,1-2H3. The van der Waals surface area contributed by atoms with Crippen LogP contribution in [-0.4, -0.2) is 29.1 Å². The van der Waals surface area contributed by atoms with Gasteiger partial charge in [0, 0.05) is 24.8 Å². The summed E-state index contributed by atoms with van der Waals surface area (Å²) in [5.41, 5.74) is 4.53. The lowest BCUT2D eigenvalue weighted by atomic mass is 10.1. The van der Waals surface area contributed by atoms with E-state index in [4.69, 9.17) is 4.74 Å². The van der Waals surface area contributed by atoms with Crippen molar-refractivity contribution in [1.29, 1.82) is 0 Å². The van der Waals surface area contributed by atoms with Crippen LogP contribution in [-0.2, 0) is 17.9 Å². The van der Waals surface area contributed by atoms with Gasteiger partial charge in [0.1, 0.15) is 12.4 Å². The number of fused-ring (bicyclic) bond motifs is 3. The Balaban J connectivity index is 1.71. The molecule has 3 aromatic rings. The predicted molar refractivity (Wildman–Crippen MR) is 93.3 cm³/mol. The molecule has 1 aliphatic heterocycles. The highest BCUT2D eigenvalue weighted by Crippen LogP contribution is 2.25. The van der Waals surface area contributed by atoms with Crippen LogP contribution in [0.3, 0.4) is 0 Å². The molecule has 0 bridgehead atoms. The van der Waals surface area contributed by atoms with Crippen molar-refractivity contribution in [2.75, 3.05) is 18.6 Å². The summed E-state index contributed by atoms with van der Waals surface area (Å²) in [4.78, 5) is 19.1. The molecular weight excluding hydrogens is 302 g/mol. The molecule has 2 heterocycles. The summed E-state index contributed by atoms with van der Waals surface area (Å²) in [5.74, 6) is 0.932. The fourth-order valence-corrected chi connectivity index (χ4v) is 3.17. The Morgan fingerprint density at radius 2 is 2.08 bits per heavy atom. The van der Waals surface area contributed by atoms with Crippen molar-refractivity contribution in [3.63, 3.8) is 0 Å². The van der Waals surface area contributed by atoms with Crippen molar-refractivity contribution in [3.05, 3.63) is 59.4 Å². The molecule has 0 radical (unpaired) electrons. The number of hydrogen-bond acceptors (Lipinski definition) is 3. The lowest BCUT2D eigenvalue weighted by Gasteiger charge is -2.19. The van der Waals surface area contributed by atoms with Crippen molar-refractivity contribution >= 4 is 22.6 Å². The second-order valence-electron chi connectivity index (χ2n) is 6.08. The van der Waals surface area contributed by atoms with Crippen LogP contribution in [0.15, 0.2) is 42.5 Å². The lowest BCUT2D eigenvalue weighted by molar-refractivity contribution is 0.0830. The van der Waals surface area contributed by atoms with Gasteiger partial charge in [0.05, 0.1) is 17.6 Å². The van der Waals surface area contributed by atoms with E-state index in [0.717, 1.165) is 40.2 Å². The molecule has 0 saturated heterocycles. The Morgan fingerprint density at radius 1 is 1.25 bits per heavy atom. The van der Waals surface area contributed by atoms with Crippen molar-refractivity contribution in [3.8, 4) is 0 Å². The number of carbonyl (C=O) groups is 1. The molecule has 0 unspecified atom stereocenters. The van der Waals surface area contributed by atoms with Crippen molar-refractivity contribution in [2.45, 2.75) is 20.1 Å². The number of imidazole rings is 1. The molecule has 1 aliphatic rings. The zero-order chi connectivity index (χ0) is 16.7. The Hall–Kier alpha value is -2.66. The summed E-state index contributed by atoms with van der Waals surface area (Å²) in [7, 11) is 1.80. The van der Waals surface area contributed by atoms with Gasteiger partial charge < -0.3 is 14.2 Å². The van der Waals surface area contributed by atoms with Gasteiger partial charge in [0.25, 0.3) is 5.91 Å². The maximum atomic E-state index is 12.8. The SMILES string of the molecule is Cc1ccccc1C(=O)N(C)c1ccc2c(c1)nc1n2CCOC1. The third-order valence-corrected chi connectivity index (χ3v) is 4.57. The summed E-state index contributed by atoms with van der Waals surface area (Å²) in [6, 6.07) is 13.6. The number of aromatic nitrogens is 2. The summed E-state index contributed by atoms with van der Waals surface area (Å²) >= 11 is 0. The molecule has 0 atom stereocenters. The maximum Gasteiger partial charge on any atom is 0.258 e. The first-order chi connectivity index (χ1) is 11.6. The van der Waals surface area contributed by atoms with E-state index < -0.39 is 0 Å². The number of hydrogen-bond donors (Lipinski definition) is 0. The van der Waals surface area contributed by atoms with Crippen LogP contribution in [0.5, 0.6) is 0 Å². The first-order valence-electron chi connectivity index (χ1n) is 8.06. The largest absolute Gasteiger partial charge is 0.372 e. The van der Waals surface area contributed by atoms with E-state index in [0.29, 0.717) is 13.2 Å². The van der Waals surface area contributed by atoms with Gasteiger partial charge in [-0.2, -0.15) is 0 Å². The van der Waals surface area contributed by atoms with E-state index in [2.05, 4.69) is 9.55 Å². The fraction of sp³-hybridized carbons (Fsp3) is 0.263. The second kappa shape index (κ2) is 5.76. The van der Waals surface area contributed by atoms with Crippen LogP contribution in [0.2, 0.25) is 0 Å². The van der Waals surface area contributed by atoms with Gasteiger partial charge in [-0.15, -0.1) is 0 Å². The second-order valence-corrected chi connectivity index (χ2v) is 6.08. The van der Waals surface area contributed by atoms with Gasteiger partial charge >= 0.3 is 0 Å². The van der Waals surface area contributed by atoms with Gasteiger partial charge in [0.2, 0.25) is 0 Å². The minimum absolute atomic E-state index is 0.0141. The number of carbonyl (C=O) groups excluding carboxylic acids is 1. The Morgan fingerprint density at radius 3 is 2.92 bits per heavy atom. The van der Waals surface area contributed by atoms with E-state index in [1.54, 1.807) is 11.9 Å². The van der Waals surface area contributed by atoms with Crippen LogP contribution < -0.4 is 4.90 Å². The molecule has 0 N–H and O–H groups in total. The molecule has 4 rings (SSSR count). The number of rotatable bonds is 2. The first kappa shape index (κ1) is 14.9. The molecule has 0 saturated carbocycles. The number of ether oxygens (including phenoxy) is 1. The van der Waals surface area contributed by atoms with E-state index in [1.807, 2.05) is 49.4 Å². The zero-order valence-corrected chi connectivity index (χ0v) is 13.8. The molecule has 0 spiro atoms. The molecule has 2 aromatic carbocycles. The van der Waals surface area contributed by atoms with E-state index in [-0.39, 0.29) is 5.91 Å². The molecule has 24 heavy (non-hydrogen) atoms. The third kappa shape index (κ3) is 2.37. The van der Waals surface area contributed by atoms with Crippen LogP contribution in [0.4, 0.5) is 5.69 Å². The molecule has 122 valence electrons. The molecule has 0 fully saturated rings. The quantitative estimate of drug-likeness (QED) is 0.728. The van der Waals surface area contributed by atoms with Crippen LogP contribution in [0.1, 0.15) is 21.7 Å². The highest BCUT2D eigenvalue weighted by atomic mass is 16.5. The maximum absolute atomic E-state index is 12.8. The van der Waals surface area contributed by atoms with Gasteiger partial charge in [-0.05, 0) is 36.8 Å². The van der Waals surface area contributed by atoms with Crippen LogP contribution in [0.25, 0.3) is 11.0 Å². The Labute approximate surface area is 140 Å². The molecule has 5 nitrogen and oxygen atoms in total. The Kier molecular flexibility index (Phi) is 3.58. The van der Waals surface area contributed by atoms with Gasteiger partial charge in [-0.3, -0.25) is 4.79 Å². The van der Waals surface area contributed by atoms with Crippen molar-refractivity contribution in [1.82, 2.24) is 9.55 Å². The topological polar surface area (TPSA) is 47.4 Å². The van der Waals surface area contributed by atoms with Crippen LogP contribution >= 0.6 is 0 Å². The van der Waals surface area contributed by atoms with E-state index >= 15 is 0 Å². The monoisotopic (exact) mass is 321 g/mol. The number of anilines is 1. The average Bonchev–Trinajstić information content (AvgIpc) is 2.98. The number of nitrogens with zero attached hydrogens (tertiary/aromatic N) is 3. The van der Waals surface area contributed by atoms with E-state index in [1.165, 1.54) is 0 Å². The van der Waals surface area contributed by atoms with Gasteiger partial charge in [0.15, 0.2) is 0 Å². The number of aryl methyl sites for hydroxylation is 1. The van der Waals surface area contributed by atoms with Crippen LogP contribution in [0, 0.1) is 6.92 Å². The molecule has 0 aliphatic carbocycles. The molecule has 5 heteroatoms. The van der Waals surface area contributed by atoms with Gasteiger partial charge in [-0.1, -0.05) is 18.2 Å². The predicted octanol–water partition coefficient (Wildman–Crippen LogP) is 3.15. The summed E-state index contributed by atoms with van der Waals surface area (Å²) in [5, 5.41) is 0. The molecular formula is C19H19N3O2. The fourth-order valence-electron chi connectivity index (χ4n) is 3.17. The highest BCUT2D eigenvalue weighted by Gasteiger charge is 2.18. The minimum Gasteiger partial charge on any atom is -0.372 e. The number of amides is 1. The third-order valence-electron chi connectivity index (χ3n) is 4.57. The normalized spacial score (nSPS) is 13.8.